The predicted octanol–water partition coefficient (Wildman–Crippen LogP) is 4.68. The number of hydrogen-bond acceptors (Lipinski definition) is 5. The fraction of sp³-hybridized carbons (Fsp3) is 0.136. The number of aromatic nitrogens is 1. The number of benzene rings is 2. The van der Waals surface area contributed by atoms with Crippen molar-refractivity contribution in [2.45, 2.75) is 19.9 Å². The largest absolute Gasteiger partial charge is 0.507 e. The number of nitrogens with zero attached hydrogens (tertiary/aromatic N) is 2. The molecule has 1 amide bonds. The van der Waals surface area contributed by atoms with Crippen LogP contribution in [0.1, 0.15) is 28.5 Å². The van der Waals surface area contributed by atoms with E-state index in [9.17, 15) is 14.7 Å². The number of hydrogen-bond donors (Lipinski definition) is 1. The van der Waals surface area contributed by atoms with E-state index in [1.54, 1.807) is 37.3 Å². The number of carbonyl (C=O) groups excluding carboxylic acids is 2. The number of aliphatic hydroxyl groups is 1. The number of Topliss-reactive ketones (excluding diaryl/α,β-unsaturated/α-hetero) is 1. The molecule has 29 heavy (non-hydrogen) atoms. The Morgan fingerprint density at radius 2 is 1.72 bits per heavy atom. The summed E-state index contributed by atoms with van der Waals surface area (Å²) in [6, 6.07) is 15.1. The first-order chi connectivity index (χ1) is 13.9. The molecule has 0 bridgehead atoms. The first-order valence-corrected chi connectivity index (χ1v) is 9.73. The molecular formula is C22H17BrN2O4. The van der Waals surface area contributed by atoms with Gasteiger partial charge in [-0.3, -0.25) is 14.5 Å². The van der Waals surface area contributed by atoms with E-state index in [1.165, 1.54) is 4.90 Å². The quantitative estimate of drug-likeness (QED) is 0.354. The highest BCUT2D eigenvalue weighted by Crippen LogP contribution is 2.41. The Morgan fingerprint density at radius 3 is 2.31 bits per heavy atom. The summed E-state index contributed by atoms with van der Waals surface area (Å²) in [5.74, 6) is -1.02. The Hall–Kier alpha value is -3.19. The molecule has 0 radical (unpaired) electrons. The maximum atomic E-state index is 13.0. The van der Waals surface area contributed by atoms with Gasteiger partial charge in [0.05, 0.1) is 11.6 Å². The molecule has 0 spiro atoms. The van der Waals surface area contributed by atoms with Crippen LogP contribution in [0.5, 0.6) is 0 Å². The van der Waals surface area contributed by atoms with Gasteiger partial charge in [0.25, 0.3) is 5.78 Å². The summed E-state index contributed by atoms with van der Waals surface area (Å²) < 4.78 is 5.95. The average molecular weight is 453 g/mol. The van der Waals surface area contributed by atoms with E-state index in [0.717, 1.165) is 10.0 Å². The highest BCUT2D eigenvalue weighted by molar-refractivity contribution is 9.10. The summed E-state index contributed by atoms with van der Waals surface area (Å²) in [4.78, 5) is 27.1. The molecule has 146 valence electrons. The van der Waals surface area contributed by atoms with Gasteiger partial charge in [-0.15, -0.1) is 0 Å². The molecule has 2 aromatic carbocycles. The van der Waals surface area contributed by atoms with Crippen molar-refractivity contribution in [3.05, 3.63) is 87.1 Å². The molecule has 0 aliphatic carbocycles. The van der Waals surface area contributed by atoms with Crippen LogP contribution in [0.2, 0.25) is 0 Å². The number of aliphatic hydroxyl groups excluding tert-OH is 1. The topological polar surface area (TPSA) is 83.6 Å². The molecular weight excluding hydrogens is 436 g/mol. The van der Waals surface area contributed by atoms with Gasteiger partial charge < -0.3 is 9.63 Å². The van der Waals surface area contributed by atoms with Crippen LogP contribution in [0.4, 0.5) is 5.82 Å². The van der Waals surface area contributed by atoms with Gasteiger partial charge in [0.15, 0.2) is 5.82 Å². The minimum absolute atomic E-state index is 0.0156. The second-order valence-electron chi connectivity index (χ2n) is 6.88. The third kappa shape index (κ3) is 3.38. The lowest BCUT2D eigenvalue weighted by atomic mass is 9.95. The van der Waals surface area contributed by atoms with Gasteiger partial charge in [-0.1, -0.05) is 63.0 Å². The summed E-state index contributed by atoms with van der Waals surface area (Å²) in [5, 5.41) is 14.9. The van der Waals surface area contributed by atoms with Gasteiger partial charge in [0, 0.05) is 16.1 Å². The fourth-order valence-corrected chi connectivity index (χ4v) is 3.63. The monoisotopic (exact) mass is 452 g/mol. The number of ketones is 1. The average Bonchev–Trinajstić information content (AvgIpc) is 3.24. The maximum absolute atomic E-state index is 13.0. The van der Waals surface area contributed by atoms with E-state index in [2.05, 4.69) is 21.1 Å². The third-order valence-electron chi connectivity index (χ3n) is 4.82. The Morgan fingerprint density at radius 1 is 1.07 bits per heavy atom. The molecule has 4 rings (SSSR count). The van der Waals surface area contributed by atoms with Crippen molar-refractivity contribution in [1.29, 1.82) is 0 Å². The van der Waals surface area contributed by atoms with Crippen molar-refractivity contribution in [2.24, 2.45) is 0 Å². The van der Waals surface area contributed by atoms with Gasteiger partial charge in [0.2, 0.25) is 0 Å². The summed E-state index contributed by atoms with van der Waals surface area (Å²) in [6.45, 7) is 3.65. The molecule has 1 aliphatic rings. The molecule has 2 heterocycles. The Labute approximate surface area is 175 Å². The van der Waals surface area contributed by atoms with E-state index >= 15 is 0 Å². The second kappa shape index (κ2) is 7.33. The molecule has 1 fully saturated rings. The number of anilines is 1. The minimum Gasteiger partial charge on any atom is -0.507 e. The van der Waals surface area contributed by atoms with Crippen LogP contribution >= 0.6 is 15.9 Å². The lowest BCUT2D eigenvalue weighted by Crippen LogP contribution is -2.29. The summed E-state index contributed by atoms with van der Waals surface area (Å²) in [5.41, 5.74) is 2.19. The zero-order valence-electron chi connectivity index (χ0n) is 15.7. The van der Waals surface area contributed by atoms with E-state index < -0.39 is 17.7 Å². The number of amides is 1. The first kappa shape index (κ1) is 19.1. The van der Waals surface area contributed by atoms with Crippen LogP contribution in [0.15, 0.2) is 69.2 Å². The van der Waals surface area contributed by atoms with Gasteiger partial charge in [-0.25, -0.2) is 0 Å². The van der Waals surface area contributed by atoms with Crippen molar-refractivity contribution in [1.82, 2.24) is 5.16 Å². The van der Waals surface area contributed by atoms with Crippen LogP contribution in [0, 0.1) is 13.8 Å². The van der Waals surface area contributed by atoms with Crippen molar-refractivity contribution < 1.29 is 19.2 Å². The highest BCUT2D eigenvalue weighted by Gasteiger charge is 2.48. The lowest BCUT2D eigenvalue weighted by molar-refractivity contribution is -0.132. The summed E-state index contributed by atoms with van der Waals surface area (Å²) in [7, 11) is 0. The van der Waals surface area contributed by atoms with Crippen molar-refractivity contribution in [3.63, 3.8) is 0 Å². The van der Waals surface area contributed by atoms with Gasteiger partial charge >= 0.3 is 5.91 Å². The Bertz CT molecular complexity index is 1130. The zero-order chi connectivity index (χ0) is 20.7. The van der Waals surface area contributed by atoms with Crippen LogP contribution in [-0.4, -0.2) is 22.0 Å². The Kier molecular flexibility index (Phi) is 4.84. The SMILES string of the molecule is Cc1ccc([C@@H]2/C(=C(\O)c3ccc(Br)cc3)C(=O)C(=O)N2c2cc(C)on2)cc1. The molecule has 0 saturated carbocycles. The molecule has 3 aromatic rings. The molecule has 1 aliphatic heterocycles. The molecule has 7 heteroatoms. The fourth-order valence-electron chi connectivity index (χ4n) is 3.36. The molecule has 6 nitrogen and oxygen atoms in total. The number of aryl methyl sites for hydroxylation is 2. The van der Waals surface area contributed by atoms with Crippen LogP contribution in [0.25, 0.3) is 5.76 Å². The van der Waals surface area contributed by atoms with Gasteiger partial charge in [0.1, 0.15) is 11.5 Å². The number of carbonyl (C=O) groups is 2. The summed E-state index contributed by atoms with van der Waals surface area (Å²) in [6.07, 6.45) is 0. The standard InChI is InChI=1S/C22H17BrN2O4/c1-12-3-5-14(6-4-12)19-18(20(26)15-7-9-16(23)10-8-15)21(27)22(28)25(19)17-11-13(2)29-24-17/h3-11,19,26H,1-2H3/b20-18+/t19-/m1/s1. The van der Waals surface area contributed by atoms with Crippen LogP contribution in [0.3, 0.4) is 0 Å². The predicted molar refractivity (Wildman–Crippen MR) is 111 cm³/mol. The number of halogens is 1. The van der Waals surface area contributed by atoms with Crippen molar-refractivity contribution >= 4 is 39.2 Å². The van der Waals surface area contributed by atoms with E-state index in [-0.39, 0.29) is 17.2 Å². The maximum Gasteiger partial charge on any atom is 0.301 e. The van der Waals surface area contributed by atoms with Crippen LogP contribution < -0.4 is 4.90 Å². The van der Waals surface area contributed by atoms with Crippen LogP contribution in [-0.2, 0) is 9.59 Å². The minimum atomic E-state index is -0.816. The Balaban J connectivity index is 1.93. The van der Waals surface area contributed by atoms with Gasteiger partial charge in [-0.2, -0.15) is 0 Å². The normalized spacial score (nSPS) is 18.4. The van der Waals surface area contributed by atoms with Gasteiger partial charge in [-0.05, 0) is 31.5 Å². The molecule has 0 unspecified atom stereocenters. The first-order valence-electron chi connectivity index (χ1n) is 8.93. The van der Waals surface area contributed by atoms with Crippen molar-refractivity contribution in [3.8, 4) is 0 Å². The second-order valence-corrected chi connectivity index (χ2v) is 7.80. The van der Waals surface area contributed by atoms with E-state index in [4.69, 9.17) is 4.52 Å². The van der Waals surface area contributed by atoms with E-state index in [0.29, 0.717) is 16.9 Å². The van der Waals surface area contributed by atoms with Crippen molar-refractivity contribution in [2.75, 3.05) is 4.90 Å². The highest BCUT2D eigenvalue weighted by atomic mass is 79.9. The molecule has 1 aromatic heterocycles. The van der Waals surface area contributed by atoms with E-state index in [1.807, 2.05) is 31.2 Å². The zero-order valence-corrected chi connectivity index (χ0v) is 17.3. The summed E-state index contributed by atoms with van der Waals surface area (Å²) >= 11 is 3.35. The molecule has 1 saturated heterocycles. The number of rotatable bonds is 3. The molecule has 1 atom stereocenters. The lowest BCUT2D eigenvalue weighted by Gasteiger charge is -2.23. The molecule has 1 N–H and O–H groups in total. The smallest absolute Gasteiger partial charge is 0.301 e. The third-order valence-corrected chi connectivity index (χ3v) is 5.35.